The number of pyridine rings is 2. The summed E-state index contributed by atoms with van der Waals surface area (Å²) in [7, 11) is 1.58. The van der Waals surface area contributed by atoms with E-state index in [2.05, 4.69) is 11.6 Å². The van der Waals surface area contributed by atoms with Gasteiger partial charge in [0.25, 0.3) is 11.8 Å². The van der Waals surface area contributed by atoms with E-state index in [0.29, 0.717) is 43.6 Å². The highest BCUT2D eigenvalue weighted by Gasteiger charge is 2.32. The van der Waals surface area contributed by atoms with Crippen LogP contribution < -0.4 is 9.47 Å². The standard InChI is InChI=1S/C24H29N3O4/c1-6-18(7-2)27-15-20-22(24(27)28)16(4)12-19(26-20)17-13-21(29-5)23(25-14-17)31-11-9-10-30-8-3/h6-7,12-14H,1,8-11,15H2,2-5H3/b18-7+. The van der Waals surface area contributed by atoms with Crippen molar-refractivity contribution in [2.75, 3.05) is 26.9 Å². The van der Waals surface area contributed by atoms with E-state index in [9.17, 15) is 4.79 Å². The molecule has 1 amide bonds. The molecule has 164 valence electrons. The number of aryl methyl sites for hydroxylation is 1. The Hall–Kier alpha value is -3.19. The fourth-order valence-corrected chi connectivity index (χ4v) is 3.54. The molecule has 31 heavy (non-hydrogen) atoms. The minimum Gasteiger partial charge on any atom is -0.491 e. The van der Waals surface area contributed by atoms with Gasteiger partial charge in [-0.3, -0.25) is 9.78 Å². The lowest BCUT2D eigenvalue weighted by atomic mass is 10.0. The number of amides is 1. The van der Waals surface area contributed by atoms with Gasteiger partial charge >= 0.3 is 0 Å². The summed E-state index contributed by atoms with van der Waals surface area (Å²) in [6.07, 6.45) is 6.04. The molecule has 0 aliphatic carbocycles. The van der Waals surface area contributed by atoms with Crippen molar-refractivity contribution in [3.05, 3.63) is 59.6 Å². The summed E-state index contributed by atoms with van der Waals surface area (Å²) in [5, 5.41) is 0. The van der Waals surface area contributed by atoms with Crippen LogP contribution in [0.5, 0.6) is 11.6 Å². The molecule has 2 aromatic rings. The molecule has 7 heteroatoms. The van der Waals surface area contributed by atoms with Crippen LogP contribution in [0.25, 0.3) is 11.3 Å². The zero-order chi connectivity index (χ0) is 22.4. The Bertz CT molecular complexity index is 1000. The molecule has 1 aliphatic rings. The van der Waals surface area contributed by atoms with Crippen LogP contribution >= 0.6 is 0 Å². The van der Waals surface area contributed by atoms with Gasteiger partial charge in [0.2, 0.25) is 0 Å². The molecule has 0 saturated heterocycles. The van der Waals surface area contributed by atoms with Crippen molar-refractivity contribution in [2.45, 2.75) is 33.7 Å². The summed E-state index contributed by atoms with van der Waals surface area (Å²) in [6.45, 7) is 11.8. The number of aromatic nitrogens is 2. The van der Waals surface area contributed by atoms with Crippen molar-refractivity contribution < 1.29 is 19.0 Å². The molecule has 2 aromatic heterocycles. The van der Waals surface area contributed by atoms with Gasteiger partial charge in [0.05, 0.1) is 37.2 Å². The monoisotopic (exact) mass is 423 g/mol. The SMILES string of the molecule is C=C/C(=C\C)N1Cc2nc(-c3cnc(OCCCOCC)c(OC)c3)cc(C)c2C1=O. The van der Waals surface area contributed by atoms with E-state index in [1.54, 1.807) is 24.3 Å². The quantitative estimate of drug-likeness (QED) is 0.419. The maximum Gasteiger partial charge on any atom is 0.260 e. The first-order valence-electron chi connectivity index (χ1n) is 10.4. The average molecular weight is 424 g/mol. The largest absolute Gasteiger partial charge is 0.491 e. The summed E-state index contributed by atoms with van der Waals surface area (Å²) in [5.74, 6) is 0.922. The number of ether oxygens (including phenoxy) is 3. The molecule has 3 heterocycles. The normalized spacial score (nSPS) is 13.4. The number of hydrogen-bond acceptors (Lipinski definition) is 6. The maximum atomic E-state index is 12.9. The molecule has 0 aromatic carbocycles. The Kier molecular flexibility index (Phi) is 7.41. The third-order valence-electron chi connectivity index (χ3n) is 5.08. The average Bonchev–Trinajstić information content (AvgIpc) is 3.11. The fourth-order valence-electron chi connectivity index (χ4n) is 3.54. The highest BCUT2D eigenvalue weighted by molar-refractivity contribution is 6.00. The Morgan fingerprint density at radius 3 is 2.81 bits per heavy atom. The summed E-state index contributed by atoms with van der Waals surface area (Å²) in [6, 6.07) is 3.76. The first-order chi connectivity index (χ1) is 15.0. The van der Waals surface area contributed by atoms with E-state index in [-0.39, 0.29) is 5.91 Å². The van der Waals surface area contributed by atoms with Gasteiger partial charge in [-0.15, -0.1) is 0 Å². The van der Waals surface area contributed by atoms with Gasteiger partial charge in [-0.25, -0.2) is 4.98 Å². The Morgan fingerprint density at radius 2 is 2.13 bits per heavy atom. The van der Waals surface area contributed by atoms with Crippen LogP contribution in [0.3, 0.4) is 0 Å². The van der Waals surface area contributed by atoms with E-state index < -0.39 is 0 Å². The zero-order valence-electron chi connectivity index (χ0n) is 18.6. The minimum atomic E-state index is -0.0499. The van der Waals surface area contributed by atoms with E-state index >= 15 is 0 Å². The first kappa shape index (κ1) is 22.5. The highest BCUT2D eigenvalue weighted by atomic mass is 16.5. The number of carbonyl (C=O) groups excluding carboxylic acids is 1. The van der Waals surface area contributed by atoms with Crippen molar-refractivity contribution in [1.29, 1.82) is 0 Å². The van der Waals surface area contributed by atoms with Crippen molar-refractivity contribution in [3.63, 3.8) is 0 Å². The third kappa shape index (κ3) is 4.77. The second-order valence-corrected chi connectivity index (χ2v) is 7.09. The van der Waals surface area contributed by atoms with Crippen LogP contribution in [-0.2, 0) is 11.3 Å². The van der Waals surface area contributed by atoms with Gasteiger partial charge in [-0.05, 0) is 44.5 Å². The summed E-state index contributed by atoms with van der Waals surface area (Å²) in [4.78, 5) is 23.8. The zero-order valence-corrected chi connectivity index (χ0v) is 18.6. The first-order valence-corrected chi connectivity index (χ1v) is 10.4. The summed E-state index contributed by atoms with van der Waals surface area (Å²) < 4.78 is 16.5. The van der Waals surface area contributed by atoms with E-state index in [0.717, 1.165) is 34.6 Å². The second kappa shape index (κ2) is 10.2. The lowest BCUT2D eigenvalue weighted by Gasteiger charge is -2.15. The number of rotatable bonds is 10. The molecule has 0 unspecified atom stereocenters. The Labute approximate surface area is 183 Å². The smallest absolute Gasteiger partial charge is 0.260 e. The summed E-state index contributed by atoms with van der Waals surface area (Å²) >= 11 is 0. The van der Waals surface area contributed by atoms with Crippen LogP contribution in [0.2, 0.25) is 0 Å². The van der Waals surface area contributed by atoms with Gasteiger partial charge < -0.3 is 19.1 Å². The fraction of sp³-hybridized carbons (Fsp3) is 0.375. The van der Waals surface area contributed by atoms with Crippen LogP contribution in [0.4, 0.5) is 0 Å². The van der Waals surface area contributed by atoms with Crippen molar-refractivity contribution in [3.8, 4) is 22.9 Å². The molecule has 0 atom stereocenters. The van der Waals surface area contributed by atoms with Gasteiger partial charge in [0, 0.05) is 37.1 Å². The molecule has 0 N–H and O–H groups in total. The third-order valence-corrected chi connectivity index (χ3v) is 5.08. The van der Waals surface area contributed by atoms with Gasteiger partial charge in [0.15, 0.2) is 5.75 Å². The number of nitrogens with zero attached hydrogens (tertiary/aromatic N) is 3. The molecule has 1 aliphatic heterocycles. The van der Waals surface area contributed by atoms with E-state index in [1.165, 1.54) is 0 Å². The Morgan fingerprint density at radius 1 is 1.32 bits per heavy atom. The van der Waals surface area contributed by atoms with Crippen molar-refractivity contribution >= 4 is 5.91 Å². The number of carbonyl (C=O) groups is 1. The van der Waals surface area contributed by atoms with Crippen molar-refractivity contribution in [2.24, 2.45) is 0 Å². The number of hydrogen-bond donors (Lipinski definition) is 0. The molecular formula is C24H29N3O4. The van der Waals surface area contributed by atoms with Crippen molar-refractivity contribution in [1.82, 2.24) is 14.9 Å². The number of allylic oxidation sites excluding steroid dienone is 2. The number of methoxy groups -OCH3 is 1. The topological polar surface area (TPSA) is 73.8 Å². The molecule has 3 rings (SSSR count). The highest BCUT2D eigenvalue weighted by Crippen LogP contribution is 2.33. The molecule has 0 saturated carbocycles. The molecule has 7 nitrogen and oxygen atoms in total. The lowest BCUT2D eigenvalue weighted by molar-refractivity contribution is 0.0830. The molecule has 0 radical (unpaired) electrons. The van der Waals surface area contributed by atoms with Crippen LogP contribution in [0, 0.1) is 6.92 Å². The number of fused-ring (bicyclic) bond motifs is 1. The summed E-state index contributed by atoms with van der Waals surface area (Å²) in [5.41, 5.74) is 4.58. The van der Waals surface area contributed by atoms with E-state index in [4.69, 9.17) is 19.2 Å². The maximum absolute atomic E-state index is 12.9. The van der Waals surface area contributed by atoms with Crippen LogP contribution in [0.1, 0.15) is 41.9 Å². The van der Waals surface area contributed by atoms with Crippen LogP contribution in [-0.4, -0.2) is 47.7 Å². The van der Waals surface area contributed by atoms with E-state index in [1.807, 2.05) is 39.0 Å². The minimum absolute atomic E-state index is 0.0499. The lowest BCUT2D eigenvalue weighted by Crippen LogP contribution is -2.22. The predicted molar refractivity (Wildman–Crippen MR) is 119 cm³/mol. The Balaban J connectivity index is 1.85. The van der Waals surface area contributed by atoms with Gasteiger partial charge in [-0.2, -0.15) is 0 Å². The molecule has 0 fully saturated rings. The molecule has 0 bridgehead atoms. The predicted octanol–water partition coefficient (Wildman–Crippen LogP) is 4.31. The second-order valence-electron chi connectivity index (χ2n) is 7.09. The van der Waals surface area contributed by atoms with Crippen LogP contribution in [0.15, 0.2) is 42.8 Å². The molecule has 0 spiro atoms. The van der Waals surface area contributed by atoms with Gasteiger partial charge in [-0.1, -0.05) is 12.7 Å². The van der Waals surface area contributed by atoms with Gasteiger partial charge in [0.1, 0.15) is 0 Å². The molecular weight excluding hydrogens is 394 g/mol.